The highest BCUT2D eigenvalue weighted by molar-refractivity contribution is 5.28. The summed E-state index contributed by atoms with van der Waals surface area (Å²) in [5.41, 5.74) is 0.482. The summed E-state index contributed by atoms with van der Waals surface area (Å²) < 4.78 is 13.6. The molecule has 1 N–H and O–H groups in total. The maximum absolute atomic E-state index is 13.6. The highest BCUT2D eigenvalue weighted by Gasteiger charge is 2.34. The molecule has 3 heteroatoms. The highest BCUT2D eigenvalue weighted by Crippen LogP contribution is 2.34. The number of likely N-dealkylation sites (tertiary alicyclic amines) is 1. The Hall–Kier alpha value is -0.930. The average Bonchev–Trinajstić information content (AvgIpc) is 2.33. The number of nitrogens with zero attached hydrogens (tertiary/aromatic N) is 1. The molecule has 0 aromatic heterocycles. The summed E-state index contributed by atoms with van der Waals surface area (Å²) in [5, 5.41) is 10.7. The second-order valence-electron chi connectivity index (χ2n) is 5.63. The van der Waals surface area contributed by atoms with E-state index in [0.29, 0.717) is 30.0 Å². The Morgan fingerprint density at radius 3 is 2.39 bits per heavy atom. The maximum atomic E-state index is 13.6. The van der Waals surface area contributed by atoms with Gasteiger partial charge in [0.05, 0.1) is 5.60 Å². The number of rotatable bonds is 2. The first kappa shape index (κ1) is 13.5. The van der Waals surface area contributed by atoms with Crippen LogP contribution in [0.25, 0.3) is 0 Å². The normalized spacial score (nSPS) is 20.3. The first-order valence-corrected chi connectivity index (χ1v) is 6.65. The molecule has 0 aliphatic carbocycles. The second-order valence-corrected chi connectivity index (χ2v) is 5.63. The van der Waals surface area contributed by atoms with Gasteiger partial charge in [-0.3, -0.25) is 0 Å². The Bertz CT molecular complexity index is 423. The average molecular weight is 251 g/mol. The van der Waals surface area contributed by atoms with E-state index in [0.717, 1.165) is 13.1 Å². The van der Waals surface area contributed by atoms with E-state index in [4.69, 9.17) is 0 Å². The predicted octanol–water partition coefficient (Wildman–Crippen LogP) is 2.83. The molecule has 1 aromatic rings. The van der Waals surface area contributed by atoms with Crippen molar-refractivity contribution in [3.05, 3.63) is 35.1 Å². The summed E-state index contributed by atoms with van der Waals surface area (Å²) >= 11 is 0. The molecular weight excluding hydrogens is 229 g/mol. The Morgan fingerprint density at radius 2 is 1.89 bits per heavy atom. The fourth-order valence-corrected chi connectivity index (χ4v) is 2.58. The van der Waals surface area contributed by atoms with E-state index in [1.165, 1.54) is 6.07 Å². The van der Waals surface area contributed by atoms with E-state index >= 15 is 0 Å². The van der Waals surface area contributed by atoms with E-state index in [-0.39, 0.29) is 5.82 Å². The molecule has 2 rings (SSSR count). The van der Waals surface area contributed by atoms with Gasteiger partial charge >= 0.3 is 0 Å². The molecule has 1 aromatic carbocycles. The monoisotopic (exact) mass is 251 g/mol. The first-order chi connectivity index (χ1) is 8.42. The largest absolute Gasteiger partial charge is 0.385 e. The van der Waals surface area contributed by atoms with Crippen molar-refractivity contribution >= 4 is 0 Å². The van der Waals surface area contributed by atoms with Crippen LogP contribution in [-0.2, 0) is 5.60 Å². The van der Waals surface area contributed by atoms with E-state index in [1.807, 2.05) is 6.07 Å². The zero-order valence-electron chi connectivity index (χ0n) is 11.4. The number of piperidine rings is 1. The van der Waals surface area contributed by atoms with Gasteiger partial charge in [0.15, 0.2) is 0 Å². The van der Waals surface area contributed by atoms with Crippen LogP contribution in [0.4, 0.5) is 4.39 Å². The Labute approximate surface area is 108 Å². The van der Waals surface area contributed by atoms with Crippen LogP contribution in [0.15, 0.2) is 18.2 Å². The number of halogens is 1. The molecule has 100 valence electrons. The lowest BCUT2D eigenvalue weighted by atomic mass is 9.83. The Kier molecular flexibility index (Phi) is 3.74. The third-order valence-electron chi connectivity index (χ3n) is 4.06. The molecule has 1 aliphatic heterocycles. The lowest BCUT2D eigenvalue weighted by Crippen LogP contribution is -2.45. The van der Waals surface area contributed by atoms with Gasteiger partial charge in [-0.15, -0.1) is 0 Å². The van der Waals surface area contributed by atoms with Crippen LogP contribution < -0.4 is 0 Å². The van der Waals surface area contributed by atoms with Gasteiger partial charge in [0.25, 0.3) is 0 Å². The predicted molar refractivity (Wildman–Crippen MR) is 71.0 cm³/mol. The zero-order chi connectivity index (χ0) is 13.3. The topological polar surface area (TPSA) is 23.5 Å². The molecular formula is C15H22FNO. The summed E-state index contributed by atoms with van der Waals surface area (Å²) in [4.78, 5) is 2.35. The Balaban J connectivity index is 2.15. The molecule has 0 radical (unpaired) electrons. The molecule has 0 bridgehead atoms. The van der Waals surface area contributed by atoms with Crippen molar-refractivity contribution in [2.45, 2.75) is 45.3 Å². The summed E-state index contributed by atoms with van der Waals surface area (Å²) in [6.07, 6.45) is 1.35. The van der Waals surface area contributed by atoms with Crippen molar-refractivity contribution in [1.82, 2.24) is 4.90 Å². The fraction of sp³-hybridized carbons (Fsp3) is 0.600. The van der Waals surface area contributed by atoms with Crippen LogP contribution in [0, 0.1) is 12.7 Å². The van der Waals surface area contributed by atoms with Gasteiger partial charge in [-0.2, -0.15) is 0 Å². The van der Waals surface area contributed by atoms with E-state index in [9.17, 15) is 9.50 Å². The molecule has 0 saturated carbocycles. The summed E-state index contributed by atoms with van der Waals surface area (Å²) in [7, 11) is 0. The second kappa shape index (κ2) is 4.98. The van der Waals surface area contributed by atoms with Crippen molar-refractivity contribution in [1.29, 1.82) is 0 Å². The number of hydrogen-bond acceptors (Lipinski definition) is 2. The lowest BCUT2D eigenvalue weighted by Gasteiger charge is -2.40. The van der Waals surface area contributed by atoms with Crippen molar-refractivity contribution < 1.29 is 9.50 Å². The van der Waals surface area contributed by atoms with E-state index in [1.54, 1.807) is 13.0 Å². The molecule has 0 spiro atoms. The third-order valence-corrected chi connectivity index (χ3v) is 4.06. The SMILES string of the molecule is Cc1ccc(C2(O)CCN(C(C)C)CC2)cc1F. The van der Waals surface area contributed by atoms with Crippen LogP contribution in [0.5, 0.6) is 0 Å². The first-order valence-electron chi connectivity index (χ1n) is 6.65. The van der Waals surface area contributed by atoms with Crippen molar-refractivity contribution in [2.75, 3.05) is 13.1 Å². The highest BCUT2D eigenvalue weighted by atomic mass is 19.1. The third kappa shape index (κ3) is 2.57. The van der Waals surface area contributed by atoms with Gasteiger partial charge in [-0.25, -0.2) is 4.39 Å². The van der Waals surface area contributed by atoms with Gasteiger partial charge in [0.2, 0.25) is 0 Å². The molecule has 0 atom stereocenters. The minimum atomic E-state index is -0.861. The van der Waals surface area contributed by atoms with Gasteiger partial charge in [-0.1, -0.05) is 12.1 Å². The van der Waals surface area contributed by atoms with Crippen molar-refractivity contribution in [2.24, 2.45) is 0 Å². The number of benzene rings is 1. The molecule has 0 unspecified atom stereocenters. The molecule has 0 amide bonds. The summed E-state index contributed by atoms with van der Waals surface area (Å²) in [6, 6.07) is 5.59. The smallest absolute Gasteiger partial charge is 0.126 e. The summed E-state index contributed by atoms with van der Waals surface area (Å²) in [6.45, 7) is 7.80. The van der Waals surface area contributed by atoms with Crippen LogP contribution in [0.2, 0.25) is 0 Å². The van der Waals surface area contributed by atoms with Gasteiger partial charge in [0, 0.05) is 19.1 Å². The number of hydrogen-bond donors (Lipinski definition) is 1. The van der Waals surface area contributed by atoms with Gasteiger partial charge in [0.1, 0.15) is 5.82 Å². The molecule has 2 nitrogen and oxygen atoms in total. The number of aryl methyl sites for hydroxylation is 1. The molecule has 1 fully saturated rings. The van der Waals surface area contributed by atoms with Crippen LogP contribution >= 0.6 is 0 Å². The van der Waals surface area contributed by atoms with Crippen molar-refractivity contribution in [3.8, 4) is 0 Å². The van der Waals surface area contributed by atoms with Crippen molar-refractivity contribution in [3.63, 3.8) is 0 Å². The molecule has 1 aliphatic rings. The zero-order valence-corrected chi connectivity index (χ0v) is 11.4. The summed E-state index contributed by atoms with van der Waals surface area (Å²) in [5.74, 6) is -0.229. The molecule has 1 saturated heterocycles. The van der Waals surface area contributed by atoms with Gasteiger partial charge in [-0.05, 0) is 50.8 Å². The van der Waals surface area contributed by atoms with Crippen LogP contribution in [0.1, 0.15) is 37.8 Å². The molecule has 1 heterocycles. The molecule has 18 heavy (non-hydrogen) atoms. The van der Waals surface area contributed by atoms with E-state index in [2.05, 4.69) is 18.7 Å². The minimum absolute atomic E-state index is 0.229. The Morgan fingerprint density at radius 1 is 1.28 bits per heavy atom. The standard InChI is InChI=1S/C15H22FNO/c1-11(2)17-8-6-15(18,7-9-17)13-5-4-12(3)14(16)10-13/h4-5,10-11,18H,6-9H2,1-3H3. The quantitative estimate of drug-likeness (QED) is 0.873. The maximum Gasteiger partial charge on any atom is 0.126 e. The number of aliphatic hydroxyl groups is 1. The lowest BCUT2D eigenvalue weighted by molar-refractivity contribution is -0.0325. The van der Waals surface area contributed by atoms with Crippen LogP contribution in [0.3, 0.4) is 0 Å². The van der Waals surface area contributed by atoms with E-state index < -0.39 is 5.60 Å². The van der Waals surface area contributed by atoms with Crippen LogP contribution in [-0.4, -0.2) is 29.1 Å². The minimum Gasteiger partial charge on any atom is -0.385 e. The fourth-order valence-electron chi connectivity index (χ4n) is 2.58. The van der Waals surface area contributed by atoms with Gasteiger partial charge < -0.3 is 10.0 Å².